The zero-order chi connectivity index (χ0) is 13.3. The van der Waals surface area contributed by atoms with Gasteiger partial charge in [0.15, 0.2) is 0 Å². The first-order chi connectivity index (χ1) is 8.54. The summed E-state index contributed by atoms with van der Waals surface area (Å²) in [5.74, 6) is 0.694. The summed E-state index contributed by atoms with van der Waals surface area (Å²) >= 11 is 8.23. The number of pyridine rings is 1. The molecule has 18 heavy (non-hydrogen) atoms. The van der Waals surface area contributed by atoms with E-state index < -0.39 is 0 Å². The van der Waals surface area contributed by atoms with Gasteiger partial charge in [-0.1, -0.05) is 11.6 Å². The van der Waals surface area contributed by atoms with E-state index in [0.717, 1.165) is 11.3 Å². The van der Waals surface area contributed by atoms with Crippen LogP contribution < -0.4 is 10.3 Å². The molecule has 0 atom stereocenters. The van der Waals surface area contributed by atoms with Crippen molar-refractivity contribution in [3.05, 3.63) is 49.3 Å². The first-order valence-electron chi connectivity index (χ1n) is 5.24. The van der Waals surface area contributed by atoms with E-state index >= 15 is 0 Å². The van der Waals surface area contributed by atoms with Crippen molar-refractivity contribution in [3.8, 4) is 17.0 Å². The minimum Gasteiger partial charge on any atom is -0.497 e. The maximum Gasteiger partial charge on any atom is 0.264 e. The maximum atomic E-state index is 11.9. The van der Waals surface area contributed by atoms with Crippen molar-refractivity contribution in [2.24, 2.45) is 7.05 Å². The third-order valence-corrected chi connectivity index (χ3v) is 3.84. The Bertz CT molecular complexity index is 652. The lowest BCUT2D eigenvalue weighted by Crippen LogP contribution is -2.20. The van der Waals surface area contributed by atoms with Gasteiger partial charge in [0, 0.05) is 12.6 Å². The third-order valence-electron chi connectivity index (χ3n) is 2.71. The molecule has 2 rings (SSSR count). The first kappa shape index (κ1) is 13.4. The lowest BCUT2D eigenvalue weighted by Gasteiger charge is -2.11. The molecule has 5 heteroatoms. The maximum absolute atomic E-state index is 11.9. The molecule has 0 aliphatic carbocycles. The van der Waals surface area contributed by atoms with E-state index in [2.05, 4.69) is 0 Å². The number of aromatic nitrogens is 1. The molecule has 3 nitrogen and oxygen atoms in total. The van der Waals surface area contributed by atoms with Crippen LogP contribution >= 0.6 is 34.2 Å². The van der Waals surface area contributed by atoms with Gasteiger partial charge in [0.25, 0.3) is 5.56 Å². The van der Waals surface area contributed by atoms with E-state index in [1.165, 1.54) is 0 Å². The van der Waals surface area contributed by atoms with Crippen LogP contribution in [0.1, 0.15) is 0 Å². The summed E-state index contributed by atoms with van der Waals surface area (Å²) in [6.45, 7) is 0. The van der Waals surface area contributed by atoms with E-state index in [9.17, 15) is 4.79 Å². The van der Waals surface area contributed by atoms with Gasteiger partial charge in [-0.05, 0) is 52.9 Å². The highest BCUT2D eigenvalue weighted by Gasteiger charge is 2.10. The normalized spacial score (nSPS) is 10.4. The van der Waals surface area contributed by atoms with E-state index in [0.29, 0.717) is 14.3 Å². The zero-order valence-corrected chi connectivity index (χ0v) is 12.8. The van der Waals surface area contributed by atoms with Gasteiger partial charge < -0.3 is 9.30 Å². The molecule has 0 spiro atoms. The van der Waals surface area contributed by atoms with Crippen LogP contribution in [0.4, 0.5) is 0 Å². The topological polar surface area (TPSA) is 31.2 Å². The lowest BCUT2D eigenvalue weighted by molar-refractivity contribution is 0.415. The molecule has 0 radical (unpaired) electrons. The highest BCUT2D eigenvalue weighted by molar-refractivity contribution is 14.1. The Morgan fingerprint density at radius 2 is 2.00 bits per heavy atom. The summed E-state index contributed by atoms with van der Waals surface area (Å²) in [6.07, 6.45) is 0. The van der Waals surface area contributed by atoms with Gasteiger partial charge in [0.1, 0.15) is 5.75 Å². The Morgan fingerprint density at radius 3 is 2.61 bits per heavy atom. The number of rotatable bonds is 2. The molecule has 0 saturated heterocycles. The average Bonchev–Trinajstić information content (AvgIpc) is 2.37. The fourth-order valence-corrected chi connectivity index (χ4v) is 2.51. The summed E-state index contributed by atoms with van der Waals surface area (Å²) < 4.78 is 7.38. The van der Waals surface area contributed by atoms with Crippen LogP contribution in [0.25, 0.3) is 11.3 Å². The summed E-state index contributed by atoms with van der Waals surface area (Å²) in [5.41, 5.74) is 1.57. The molecule has 94 valence electrons. The van der Waals surface area contributed by atoms with Crippen LogP contribution in [-0.2, 0) is 7.05 Å². The van der Waals surface area contributed by atoms with E-state index in [1.54, 1.807) is 30.9 Å². The van der Waals surface area contributed by atoms with Crippen LogP contribution in [0.3, 0.4) is 0 Å². The molecule has 1 aromatic heterocycles. The molecule has 0 N–H and O–H groups in total. The molecule has 0 aliphatic rings. The van der Waals surface area contributed by atoms with Crippen molar-refractivity contribution in [1.82, 2.24) is 4.57 Å². The summed E-state index contributed by atoms with van der Waals surface area (Å²) in [4.78, 5) is 11.9. The van der Waals surface area contributed by atoms with Crippen molar-refractivity contribution in [1.29, 1.82) is 0 Å². The van der Waals surface area contributed by atoms with Crippen LogP contribution in [0.2, 0.25) is 5.02 Å². The first-order valence-corrected chi connectivity index (χ1v) is 6.69. The molecule has 0 aliphatic heterocycles. The molecule has 0 bridgehead atoms. The molecular weight excluding hydrogens is 365 g/mol. The number of nitrogens with zero attached hydrogens (tertiary/aromatic N) is 1. The second-order valence-electron chi connectivity index (χ2n) is 3.78. The third kappa shape index (κ3) is 2.40. The molecule has 1 heterocycles. The minimum absolute atomic E-state index is 0.0278. The lowest BCUT2D eigenvalue weighted by atomic mass is 10.1. The monoisotopic (exact) mass is 375 g/mol. The quantitative estimate of drug-likeness (QED) is 0.754. The second kappa shape index (κ2) is 5.32. The van der Waals surface area contributed by atoms with Crippen molar-refractivity contribution >= 4 is 34.2 Å². The smallest absolute Gasteiger partial charge is 0.264 e. The predicted octanol–water partition coefficient (Wildman–Crippen LogP) is 3.32. The fraction of sp³-hybridized carbons (Fsp3) is 0.154. The Hall–Kier alpha value is -1.01. The standard InChI is InChI=1S/C13H11ClINO2/c1-16-12(6-5-11(15)13(16)17)9-4-3-8(18-2)7-10(9)14/h3-7H,1-2H3. The van der Waals surface area contributed by atoms with Crippen molar-refractivity contribution in [3.63, 3.8) is 0 Å². The molecule has 0 unspecified atom stereocenters. The number of hydrogen-bond donors (Lipinski definition) is 0. The molecule has 0 fully saturated rings. The van der Waals surface area contributed by atoms with Gasteiger partial charge in [-0.25, -0.2) is 0 Å². The number of methoxy groups -OCH3 is 1. The van der Waals surface area contributed by atoms with Crippen molar-refractivity contribution in [2.45, 2.75) is 0 Å². The highest BCUT2D eigenvalue weighted by Crippen LogP contribution is 2.30. The number of hydrogen-bond acceptors (Lipinski definition) is 2. The van der Waals surface area contributed by atoms with E-state index in [4.69, 9.17) is 16.3 Å². The Labute approximate surface area is 123 Å². The van der Waals surface area contributed by atoms with Gasteiger partial charge in [-0.15, -0.1) is 0 Å². The van der Waals surface area contributed by atoms with E-state index in [-0.39, 0.29) is 5.56 Å². The summed E-state index contributed by atoms with van der Waals surface area (Å²) in [7, 11) is 3.33. The van der Waals surface area contributed by atoms with Gasteiger partial charge in [-0.2, -0.15) is 0 Å². The van der Waals surface area contributed by atoms with Crippen LogP contribution in [-0.4, -0.2) is 11.7 Å². The van der Waals surface area contributed by atoms with Gasteiger partial charge >= 0.3 is 0 Å². The molecule has 0 amide bonds. The van der Waals surface area contributed by atoms with Crippen molar-refractivity contribution in [2.75, 3.05) is 7.11 Å². The van der Waals surface area contributed by atoms with Crippen LogP contribution in [0.5, 0.6) is 5.75 Å². The van der Waals surface area contributed by atoms with Crippen molar-refractivity contribution < 1.29 is 4.74 Å². The van der Waals surface area contributed by atoms with Gasteiger partial charge in [0.05, 0.1) is 21.4 Å². The highest BCUT2D eigenvalue weighted by atomic mass is 127. The summed E-state index contributed by atoms with van der Waals surface area (Å²) in [5, 5.41) is 0.561. The van der Waals surface area contributed by atoms with Gasteiger partial charge in [-0.3, -0.25) is 4.79 Å². The fourth-order valence-electron chi connectivity index (χ4n) is 1.71. The second-order valence-corrected chi connectivity index (χ2v) is 5.35. The Kier molecular flexibility index (Phi) is 3.97. The predicted molar refractivity (Wildman–Crippen MR) is 81.4 cm³/mol. The molecule has 0 saturated carbocycles. The molecule has 2 aromatic rings. The number of halogens is 2. The van der Waals surface area contributed by atoms with Crippen LogP contribution in [0.15, 0.2) is 35.1 Å². The number of benzene rings is 1. The van der Waals surface area contributed by atoms with Gasteiger partial charge in [0.2, 0.25) is 0 Å². The largest absolute Gasteiger partial charge is 0.497 e. The number of ether oxygens (including phenoxy) is 1. The molecular formula is C13H11ClINO2. The minimum atomic E-state index is -0.0278. The SMILES string of the molecule is COc1ccc(-c2ccc(I)c(=O)n2C)c(Cl)c1. The summed E-state index contributed by atoms with van der Waals surface area (Å²) in [6, 6.07) is 9.08. The Balaban J connectivity index is 2.63. The molecule has 1 aromatic carbocycles. The average molecular weight is 376 g/mol. The van der Waals surface area contributed by atoms with Crippen LogP contribution in [0, 0.1) is 3.57 Å². The zero-order valence-electron chi connectivity index (χ0n) is 9.91. The Morgan fingerprint density at radius 1 is 1.28 bits per heavy atom. The van der Waals surface area contributed by atoms with E-state index in [1.807, 2.05) is 40.8 Å².